The molecule has 4 rings (SSSR count). The molecule has 0 bridgehead atoms. The Morgan fingerprint density at radius 3 is 2.39 bits per heavy atom. The van der Waals surface area contributed by atoms with E-state index in [2.05, 4.69) is 14.9 Å². The first-order valence-electron chi connectivity index (χ1n) is 10.3. The van der Waals surface area contributed by atoms with Gasteiger partial charge in [-0.05, 0) is 51.9 Å². The first-order valence-corrected chi connectivity index (χ1v) is 10.3. The maximum atomic E-state index is 12.2. The molecule has 1 aliphatic carbocycles. The molecule has 3 fully saturated rings. The Kier molecular flexibility index (Phi) is 5.31. The fraction of sp³-hybridized carbons (Fsp3) is 0.750. The number of carbonyl (C=O) groups excluding carboxylic acids is 1. The summed E-state index contributed by atoms with van der Waals surface area (Å²) in [5.41, 5.74) is -1.24. The Morgan fingerprint density at radius 2 is 1.79 bits per heavy atom. The molecule has 0 radical (unpaired) electrons. The van der Waals surface area contributed by atoms with Crippen LogP contribution in [-0.4, -0.2) is 70.1 Å². The van der Waals surface area contributed by atoms with Gasteiger partial charge in [-0.3, -0.25) is 0 Å². The van der Waals surface area contributed by atoms with Crippen molar-refractivity contribution in [2.45, 2.75) is 63.1 Å². The van der Waals surface area contributed by atoms with Crippen LogP contribution in [0, 0.1) is 0 Å². The number of hydrogen-bond acceptors (Lipinski definition) is 7. The van der Waals surface area contributed by atoms with Gasteiger partial charge in [-0.2, -0.15) is 0 Å². The first kappa shape index (κ1) is 19.2. The van der Waals surface area contributed by atoms with Gasteiger partial charge in [0.25, 0.3) is 0 Å². The van der Waals surface area contributed by atoms with E-state index in [4.69, 9.17) is 9.47 Å². The number of anilines is 1. The van der Waals surface area contributed by atoms with E-state index in [1.165, 1.54) is 19.3 Å². The molecule has 8 nitrogen and oxygen atoms in total. The summed E-state index contributed by atoms with van der Waals surface area (Å²) >= 11 is 0. The fourth-order valence-electron chi connectivity index (χ4n) is 3.68. The molecular formula is C20H30N4O4. The van der Waals surface area contributed by atoms with E-state index in [0.717, 1.165) is 31.7 Å². The van der Waals surface area contributed by atoms with Crippen LogP contribution < -0.4 is 9.64 Å². The maximum Gasteiger partial charge on any atom is 0.410 e. The maximum absolute atomic E-state index is 12.2. The van der Waals surface area contributed by atoms with E-state index in [-0.39, 0.29) is 18.3 Å². The second-order valence-corrected chi connectivity index (χ2v) is 8.58. The van der Waals surface area contributed by atoms with Crippen molar-refractivity contribution >= 4 is 11.9 Å². The highest BCUT2D eigenvalue weighted by Gasteiger charge is 2.44. The zero-order valence-electron chi connectivity index (χ0n) is 16.6. The average Bonchev–Trinajstić information content (AvgIpc) is 3.44. The molecular weight excluding hydrogens is 360 g/mol. The van der Waals surface area contributed by atoms with Crippen molar-refractivity contribution in [2.75, 3.05) is 37.7 Å². The molecule has 0 aromatic carbocycles. The molecule has 1 aromatic rings. The molecule has 154 valence electrons. The van der Waals surface area contributed by atoms with E-state index in [1.54, 1.807) is 17.3 Å². The fourth-order valence-corrected chi connectivity index (χ4v) is 3.68. The van der Waals surface area contributed by atoms with Crippen LogP contribution in [0.1, 0.15) is 51.9 Å². The number of nitrogens with zero attached hydrogens (tertiary/aromatic N) is 4. The van der Waals surface area contributed by atoms with E-state index in [1.807, 2.05) is 6.92 Å². The van der Waals surface area contributed by atoms with Crippen LogP contribution in [0.4, 0.5) is 10.6 Å². The second-order valence-electron chi connectivity index (χ2n) is 8.58. The molecule has 0 spiro atoms. The smallest absolute Gasteiger partial charge is 0.410 e. The van der Waals surface area contributed by atoms with E-state index in [9.17, 15) is 9.90 Å². The van der Waals surface area contributed by atoms with Crippen molar-refractivity contribution in [3.05, 3.63) is 12.4 Å². The number of piperidine rings is 2. The Bertz CT molecular complexity index is 678. The summed E-state index contributed by atoms with van der Waals surface area (Å²) in [5, 5.41) is 10.8. The number of aromatic nitrogens is 2. The van der Waals surface area contributed by atoms with Gasteiger partial charge in [0.1, 0.15) is 23.6 Å². The summed E-state index contributed by atoms with van der Waals surface area (Å²) in [6, 6.07) is 0. The van der Waals surface area contributed by atoms with Crippen LogP contribution in [0.25, 0.3) is 0 Å². The van der Waals surface area contributed by atoms with Crippen molar-refractivity contribution < 1.29 is 19.4 Å². The zero-order chi connectivity index (χ0) is 19.6. The number of hydrogen-bond donors (Lipinski definition) is 1. The van der Waals surface area contributed by atoms with Crippen molar-refractivity contribution in [3.8, 4) is 5.88 Å². The molecule has 1 aromatic heterocycles. The average molecular weight is 390 g/mol. The van der Waals surface area contributed by atoms with E-state index < -0.39 is 5.60 Å². The van der Waals surface area contributed by atoms with Gasteiger partial charge in [0.05, 0.1) is 12.4 Å². The third-order valence-electron chi connectivity index (χ3n) is 6.02. The summed E-state index contributed by atoms with van der Waals surface area (Å²) in [7, 11) is 0. The normalized spacial score (nSPS) is 23.2. The van der Waals surface area contributed by atoms with Gasteiger partial charge in [0.15, 0.2) is 0 Å². The molecule has 1 amide bonds. The van der Waals surface area contributed by atoms with E-state index in [0.29, 0.717) is 31.8 Å². The second kappa shape index (κ2) is 7.73. The molecule has 8 heteroatoms. The molecule has 3 heterocycles. The van der Waals surface area contributed by atoms with Gasteiger partial charge in [-0.25, -0.2) is 14.8 Å². The summed E-state index contributed by atoms with van der Waals surface area (Å²) in [4.78, 5) is 24.9. The minimum absolute atomic E-state index is 0.144. The van der Waals surface area contributed by atoms with Gasteiger partial charge < -0.3 is 24.4 Å². The number of amides is 1. The summed E-state index contributed by atoms with van der Waals surface area (Å²) in [6.07, 6.45) is 9.52. The summed E-state index contributed by atoms with van der Waals surface area (Å²) < 4.78 is 11.2. The lowest BCUT2D eigenvalue weighted by Crippen LogP contribution is -2.50. The quantitative estimate of drug-likeness (QED) is 0.826. The largest absolute Gasteiger partial charge is 0.474 e. The summed E-state index contributed by atoms with van der Waals surface area (Å²) in [6.45, 7) is 5.07. The molecule has 1 N–H and O–H groups in total. The van der Waals surface area contributed by atoms with Crippen LogP contribution in [0.5, 0.6) is 5.88 Å². The Balaban J connectivity index is 1.24. The number of carbonyl (C=O) groups is 1. The molecule has 0 unspecified atom stereocenters. The van der Waals surface area contributed by atoms with Gasteiger partial charge >= 0.3 is 6.09 Å². The zero-order valence-corrected chi connectivity index (χ0v) is 16.6. The van der Waals surface area contributed by atoms with Crippen molar-refractivity contribution in [1.82, 2.24) is 14.9 Å². The number of likely N-dealkylation sites (tertiary alicyclic amines) is 1. The first-order chi connectivity index (χ1) is 13.4. The highest BCUT2D eigenvalue weighted by molar-refractivity contribution is 5.68. The molecule has 1 saturated carbocycles. The minimum atomic E-state index is -0.965. The number of ether oxygens (including phenoxy) is 2. The van der Waals surface area contributed by atoms with Crippen molar-refractivity contribution in [2.24, 2.45) is 0 Å². The van der Waals surface area contributed by atoms with Gasteiger partial charge in [0.2, 0.25) is 5.88 Å². The van der Waals surface area contributed by atoms with E-state index >= 15 is 0 Å². The van der Waals surface area contributed by atoms with Crippen molar-refractivity contribution in [3.63, 3.8) is 0 Å². The molecule has 0 atom stereocenters. The lowest BCUT2D eigenvalue weighted by Gasteiger charge is -2.37. The van der Waals surface area contributed by atoms with Crippen LogP contribution in [-0.2, 0) is 4.74 Å². The third-order valence-corrected chi connectivity index (χ3v) is 6.02. The number of rotatable bonds is 5. The Labute approximate surface area is 165 Å². The highest BCUT2D eigenvalue weighted by atomic mass is 16.6. The highest BCUT2D eigenvalue weighted by Crippen LogP contribution is 2.39. The lowest BCUT2D eigenvalue weighted by atomic mass is 9.92. The Morgan fingerprint density at radius 1 is 1.07 bits per heavy atom. The lowest BCUT2D eigenvalue weighted by molar-refractivity contribution is -0.0539. The predicted octanol–water partition coefficient (Wildman–Crippen LogP) is 2.36. The summed E-state index contributed by atoms with van der Waals surface area (Å²) in [5.74, 6) is 1.29. The topological polar surface area (TPSA) is 88.0 Å². The van der Waals surface area contributed by atoms with Crippen LogP contribution in [0.3, 0.4) is 0 Å². The third kappa shape index (κ3) is 4.66. The van der Waals surface area contributed by atoms with Gasteiger partial charge in [-0.15, -0.1) is 0 Å². The molecule has 2 aliphatic heterocycles. The number of aliphatic hydroxyl groups is 1. The predicted molar refractivity (Wildman–Crippen MR) is 103 cm³/mol. The van der Waals surface area contributed by atoms with Gasteiger partial charge in [-0.1, -0.05) is 0 Å². The SMILES string of the molecule is CC1(OC(=O)N2CCC(O)(COc3cnc(N4CCCCC4)cn3)CC2)CC1. The minimum Gasteiger partial charge on any atom is -0.474 e. The van der Waals surface area contributed by atoms with Crippen LogP contribution in [0.2, 0.25) is 0 Å². The van der Waals surface area contributed by atoms with Gasteiger partial charge in [0, 0.05) is 26.2 Å². The molecule has 3 aliphatic rings. The van der Waals surface area contributed by atoms with Crippen LogP contribution in [0.15, 0.2) is 12.4 Å². The van der Waals surface area contributed by atoms with Crippen molar-refractivity contribution in [1.29, 1.82) is 0 Å². The molecule has 2 saturated heterocycles. The Hall–Kier alpha value is -2.09. The monoisotopic (exact) mass is 390 g/mol. The van der Waals surface area contributed by atoms with Crippen LogP contribution >= 0.6 is 0 Å². The standard InChI is InChI=1S/C20H30N4O4/c1-19(5-6-19)28-18(25)24-11-7-20(26,8-12-24)15-27-17-14-21-16(13-22-17)23-9-3-2-4-10-23/h13-14,26H,2-12,15H2,1H3. The molecule has 28 heavy (non-hydrogen) atoms.